The summed E-state index contributed by atoms with van der Waals surface area (Å²) in [7, 11) is 0. The van der Waals surface area contributed by atoms with Crippen molar-refractivity contribution in [1.82, 2.24) is 0 Å². The largest absolute Gasteiger partial charge is 0.269 e. The summed E-state index contributed by atoms with van der Waals surface area (Å²) in [6, 6.07) is 6.25. The molecule has 0 heterocycles. The number of nitro groups is 1. The van der Waals surface area contributed by atoms with Gasteiger partial charge in [0, 0.05) is 23.6 Å². The second-order valence-electron chi connectivity index (χ2n) is 3.16. The fourth-order valence-electron chi connectivity index (χ4n) is 1.19. The first-order chi connectivity index (χ1) is 7.15. The van der Waals surface area contributed by atoms with Gasteiger partial charge in [0.25, 0.3) is 5.69 Å². The Morgan fingerprint density at radius 3 is 2.60 bits per heavy atom. The van der Waals surface area contributed by atoms with Crippen molar-refractivity contribution in [2.45, 2.75) is 12.8 Å². The van der Waals surface area contributed by atoms with E-state index >= 15 is 0 Å². The summed E-state index contributed by atoms with van der Waals surface area (Å²) in [5.41, 5.74) is 9.14. The highest BCUT2D eigenvalue weighted by Gasteiger charge is 2.07. The molecular weight excluding hydrogens is 196 g/mol. The van der Waals surface area contributed by atoms with Gasteiger partial charge in [-0.05, 0) is 17.0 Å². The molecule has 15 heavy (non-hydrogen) atoms. The van der Waals surface area contributed by atoms with Crippen LogP contribution in [0, 0.1) is 10.1 Å². The second-order valence-corrected chi connectivity index (χ2v) is 3.16. The van der Waals surface area contributed by atoms with E-state index in [1.54, 1.807) is 12.1 Å². The van der Waals surface area contributed by atoms with Gasteiger partial charge in [-0.1, -0.05) is 24.2 Å². The Balaban J connectivity index is 2.79. The number of azide groups is 1. The van der Waals surface area contributed by atoms with Gasteiger partial charge in [0.2, 0.25) is 0 Å². The molecule has 0 fully saturated rings. The average Bonchev–Trinajstić information content (AvgIpc) is 2.26. The van der Waals surface area contributed by atoms with Crippen molar-refractivity contribution >= 4 is 5.69 Å². The van der Waals surface area contributed by atoms with Crippen molar-refractivity contribution in [2.75, 3.05) is 6.54 Å². The lowest BCUT2D eigenvalue weighted by atomic mass is 10.0. The van der Waals surface area contributed by atoms with Crippen LogP contribution in [0.4, 0.5) is 5.69 Å². The Kier molecular flexibility index (Phi) is 3.65. The maximum Gasteiger partial charge on any atom is 0.269 e. The molecule has 1 rings (SSSR count). The van der Waals surface area contributed by atoms with Crippen molar-refractivity contribution in [3.05, 3.63) is 50.4 Å². The molecule has 0 aliphatic carbocycles. The zero-order valence-electron chi connectivity index (χ0n) is 8.20. The topological polar surface area (TPSA) is 91.9 Å². The van der Waals surface area contributed by atoms with E-state index in [-0.39, 0.29) is 11.6 Å². The first-order valence-electron chi connectivity index (χ1n) is 4.40. The molecule has 0 unspecified atom stereocenters. The van der Waals surface area contributed by atoms with Crippen LogP contribution in [-0.4, -0.2) is 11.5 Å². The Labute approximate surface area is 86.3 Å². The molecule has 0 bridgehead atoms. The lowest BCUT2D eigenvalue weighted by Gasteiger charge is -2.07. The van der Waals surface area contributed by atoms with Crippen molar-refractivity contribution in [3.8, 4) is 0 Å². The molecule has 0 amide bonds. The van der Waals surface area contributed by atoms with Crippen LogP contribution in [-0.2, 0) is 0 Å². The molecule has 0 radical (unpaired) electrons. The minimum atomic E-state index is -0.443. The molecule has 0 spiro atoms. The van der Waals surface area contributed by atoms with Crippen molar-refractivity contribution in [2.24, 2.45) is 5.11 Å². The monoisotopic (exact) mass is 206 g/mol. The highest BCUT2D eigenvalue weighted by molar-refractivity contribution is 5.34. The molecule has 0 N–H and O–H groups in total. The molecule has 0 aromatic heterocycles. The van der Waals surface area contributed by atoms with Crippen LogP contribution in [0.25, 0.3) is 10.4 Å². The molecule has 0 saturated heterocycles. The third-order valence-electron chi connectivity index (χ3n) is 2.09. The van der Waals surface area contributed by atoms with Gasteiger partial charge >= 0.3 is 0 Å². The van der Waals surface area contributed by atoms with Crippen molar-refractivity contribution in [1.29, 1.82) is 0 Å². The predicted molar refractivity (Wildman–Crippen MR) is 55.5 cm³/mol. The van der Waals surface area contributed by atoms with Crippen LogP contribution in [0.15, 0.2) is 29.4 Å². The highest BCUT2D eigenvalue weighted by atomic mass is 16.6. The highest BCUT2D eigenvalue weighted by Crippen LogP contribution is 2.19. The first-order valence-corrected chi connectivity index (χ1v) is 4.40. The normalized spacial score (nSPS) is 11.5. The van der Waals surface area contributed by atoms with Gasteiger partial charge in [0.05, 0.1) is 4.92 Å². The Morgan fingerprint density at radius 1 is 1.53 bits per heavy atom. The third kappa shape index (κ3) is 2.96. The minimum absolute atomic E-state index is 0.0646. The smallest absolute Gasteiger partial charge is 0.258 e. The quantitative estimate of drug-likeness (QED) is 0.249. The number of hydrogen-bond donors (Lipinski definition) is 0. The molecule has 1 aromatic rings. The number of non-ortho nitro benzene ring substituents is 1. The Bertz CT molecular complexity index is 395. The standard InChI is InChI=1S/C9H10N4O2/c1-7(6-11-12-10)8-2-4-9(5-3-8)13(14)15/h2-5,7H,6H2,1H3/t7-/m1/s1. The maximum absolute atomic E-state index is 10.4. The third-order valence-corrected chi connectivity index (χ3v) is 2.09. The van der Waals surface area contributed by atoms with Crippen LogP contribution in [0.5, 0.6) is 0 Å². The van der Waals surface area contributed by atoms with E-state index in [0.717, 1.165) is 5.56 Å². The van der Waals surface area contributed by atoms with Gasteiger partial charge in [-0.25, -0.2) is 0 Å². The van der Waals surface area contributed by atoms with Gasteiger partial charge in [0.15, 0.2) is 0 Å². The SMILES string of the molecule is C[C@H](CN=[N+]=[N-])c1ccc([N+](=O)[O-])cc1. The van der Waals surface area contributed by atoms with Gasteiger partial charge in [-0.15, -0.1) is 0 Å². The summed E-state index contributed by atoms with van der Waals surface area (Å²) in [5, 5.41) is 13.8. The van der Waals surface area contributed by atoms with E-state index in [2.05, 4.69) is 10.0 Å². The van der Waals surface area contributed by atoms with E-state index in [4.69, 9.17) is 5.53 Å². The lowest BCUT2D eigenvalue weighted by molar-refractivity contribution is -0.384. The summed E-state index contributed by atoms with van der Waals surface area (Å²) in [4.78, 5) is 12.6. The fraction of sp³-hybridized carbons (Fsp3) is 0.333. The molecule has 6 heteroatoms. The van der Waals surface area contributed by atoms with Gasteiger partial charge in [-0.2, -0.15) is 0 Å². The summed E-state index contributed by atoms with van der Waals surface area (Å²) in [6.07, 6.45) is 0. The number of hydrogen-bond acceptors (Lipinski definition) is 3. The molecule has 1 atom stereocenters. The van der Waals surface area contributed by atoms with Crippen molar-refractivity contribution < 1.29 is 4.92 Å². The van der Waals surface area contributed by atoms with Gasteiger partial charge in [0.1, 0.15) is 0 Å². The van der Waals surface area contributed by atoms with E-state index in [1.165, 1.54) is 12.1 Å². The van der Waals surface area contributed by atoms with Gasteiger partial charge < -0.3 is 0 Å². The molecule has 1 aromatic carbocycles. The fourth-order valence-corrected chi connectivity index (χ4v) is 1.19. The van der Waals surface area contributed by atoms with E-state index < -0.39 is 4.92 Å². The molecule has 0 aliphatic rings. The summed E-state index contributed by atoms with van der Waals surface area (Å²) >= 11 is 0. The number of nitrogens with zero attached hydrogens (tertiary/aromatic N) is 4. The Hall–Kier alpha value is -2.07. The van der Waals surface area contributed by atoms with Crippen LogP contribution in [0.1, 0.15) is 18.4 Å². The molecular formula is C9H10N4O2. The average molecular weight is 206 g/mol. The number of nitro benzene ring substituents is 1. The van der Waals surface area contributed by atoms with E-state index in [1.807, 2.05) is 6.92 Å². The van der Waals surface area contributed by atoms with E-state index in [0.29, 0.717) is 6.54 Å². The van der Waals surface area contributed by atoms with Crippen LogP contribution < -0.4 is 0 Å². The van der Waals surface area contributed by atoms with Gasteiger partial charge in [-0.3, -0.25) is 10.1 Å². The molecule has 78 valence electrons. The Morgan fingerprint density at radius 2 is 2.13 bits per heavy atom. The second kappa shape index (κ2) is 4.97. The number of rotatable bonds is 4. The first kappa shape index (κ1) is 11.0. The zero-order valence-corrected chi connectivity index (χ0v) is 8.20. The van der Waals surface area contributed by atoms with Crippen molar-refractivity contribution in [3.63, 3.8) is 0 Å². The molecule has 6 nitrogen and oxygen atoms in total. The summed E-state index contributed by atoms with van der Waals surface area (Å²) in [5.74, 6) is 0.0710. The predicted octanol–water partition coefficient (Wildman–Crippen LogP) is 3.01. The van der Waals surface area contributed by atoms with Crippen LogP contribution in [0.3, 0.4) is 0 Å². The zero-order chi connectivity index (χ0) is 11.3. The lowest BCUT2D eigenvalue weighted by Crippen LogP contribution is -1.97. The maximum atomic E-state index is 10.4. The minimum Gasteiger partial charge on any atom is -0.258 e. The molecule has 0 saturated carbocycles. The summed E-state index contributed by atoms with van der Waals surface area (Å²) in [6.45, 7) is 2.25. The molecule has 0 aliphatic heterocycles. The summed E-state index contributed by atoms with van der Waals surface area (Å²) < 4.78 is 0. The van der Waals surface area contributed by atoms with E-state index in [9.17, 15) is 10.1 Å². The van der Waals surface area contributed by atoms with Crippen LogP contribution >= 0.6 is 0 Å². The van der Waals surface area contributed by atoms with Crippen LogP contribution in [0.2, 0.25) is 0 Å². The number of benzene rings is 1.